The second-order valence-electron chi connectivity index (χ2n) is 26.7. The molecule has 17 unspecified atom stereocenters. The molecule has 19 heteroatoms. The minimum Gasteiger partial charge on any atom is -0.394 e. The number of amides is 1. The van der Waals surface area contributed by atoms with Gasteiger partial charge in [-0.3, -0.25) is 4.79 Å². The number of aliphatic hydroxyl groups is 11. The lowest BCUT2D eigenvalue weighted by atomic mass is 9.96. The number of carbonyl (C=O) groups is 1. The third-order valence-electron chi connectivity index (χ3n) is 18.3. The zero-order chi connectivity index (χ0) is 71.8. The van der Waals surface area contributed by atoms with Crippen molar-refractivity contribution in [2.75, 3.05) is 26.4 Å². The van der Waals surface area contributed by atoms with Crippen molar-refractivity contribution in [2.24, 2.45) is 0 Å². The van der Waals surface area contributed by atoms with Crippen LogP contribution in [0.3, 0.4) is 0 Å². The molecule has 0 aromatic rings. The molecule has 1 amide bonds. The van der Waals surface area contributed by atoms with E-state index in [1.165, 1.54) is 89.9 Å². The van der Waals surface area contributed by atoms with Crippen molar-refractivity contribution >= 4 is 5.91 Å². The SMILES string of the molecule is CC/C=C\C/C=C\C/C=C\C/C=C\C/C=C\C/C=C\C/C=C\C/C=C\C/C=C\CCCCCCCCCC(=O)NC(COC1OC(CO)C(OC2OC(CO)C(OC3OC(CO)C(O)C(O)C3O)C(O)C2O)C(O)C1O)C(O)/C=C/CCCCCCCCCCCCCCCCCCC. The van der Waals surface area contributed by atoms with E-state index in [0.717, 1.165) is 128 Å². The van der Waals surface area contributed by atoms with Crippen LogP contribution in [0.4, 0.5) is 0 Å². The molecule has 0 aromatic carbocycles. The molecule has 99 heavy (non-hydrogen) atoms. The molecule has 0 saturated carbocycles. The topological polar surface area (TPSA) is 307 Å². The van der Waals surface area contributed by atoms with E-state index in [1.807, 2.05) is 6.08 Å². The van der Waals surface area contributed by atoms with E-state index in [-0.39, 0.29) is 18.9 Å². The van der Waals surface area contributed by atoms with Gasteiger partial charge in [0.25, 0.3) is 0 Å². The maximum absolute atomic E-state index is 13.5. The summed E-state index contributed by atoms with van der Waals surface area (Å²) >= 11 is 0. The smallest absolute Gasteiger partial charge is 0.220 e. The lowest BCUT2D eigenvalue weighted by molar-refractivity contribution is -0.379. The second-order valence-corrected chi connectivity index (χ2v) is 26.7. The highest BCUT2D eigenvalue weighted by atomic mass is 16.8. The van der Waals surface area contributed by atoms with Gasteiger partial charge in [-0.25, -0.2) is 0 Å². The molecule has 0 aliphatic carbocycles. The lowest BCUT2D eigenvalue weighted by Crippen LogP contribution is -2.66. The molecule has 12 N–H and O–H groups in total. The summed E-state index contributed by atoms with van der Waals surface area (Å²) in [5.74, 6) is -0.291. The standard InChI is InChI=1S/C80H135NO18/c1-3-5-7-9-11-13-15-17-19-21-23-24-25-26-27-28-29-30-31-32-33-34-35-36-37-38-40-42-44-46-48-50-52-54-56-58-68(86)81-63(64(85)57-55-53-51-49-47-45-43-41-39-22-20-18-16-14-12-10-8-6-4-2)62-94-78-74(92)71(89)76(66(60-83)96-78)99-80-75(93)72(90)77(67(61-84)97-80)98-79-73(91)70(88)69(87)65(59-82)95-79/h5,7,11,13,17,19,23-24,26-27,29-30,32-33,35-36,38,40,55,57,63-67,69-80,82-85,87-93H,3-4,6,8-10,12,14-16,18,20-22,25,28,31,34,37,39,41-54,56,58-62H2,1-2H3,(H,81,86)/b7-5-,13-11-,19-17-,24-23-,27-26-,30-29-,33-32-,36-35-,40-38-,57-55+. The third kappa shape index (κ3) is 40.2. The summed E-state index contributed by atoms with van der Waals surface area (Å²) in [6, 6.07) is -0.989. The van der Waals surface area contributed by atoms with Gasteiger partial charge >= 0.3 is 0 Å². The van der Waals surface area contributed by atoms with Crippen molar-refractivity contribution in [2.45, 2.75) is 349 Å². The Morgan fingerprint density at radius 1 is 0.374 bits per heavy atom. The Morgan fingerprint density at radius 3 is 1.09 bits per heavy atom. The van der Waals surface area contributed by atoms with Gasteiger partial charge in [-0.1, -0.05) is 270 Å². The average molecular weight is 1400 g/mol. The monoisotopic (exact) mass is 1400 g/mol. The van der Waals surface area contributed by atoms with Gasteiger partial charge in [-0.2, -0.15) is 0 Å². The van der Waals surface area contributed by atoms with E-state index < -0.39 is 124 Å². The van der Waals surface area contributed by atoms with E-state index in [1.54, 1.807) is 6.08 Å². The van der Waals surface area contributed by atoms with Crippen molar-refractivity contribution in [3.05, 3.63) is 122 Å². The first-order valence-corrected chi connectivity index (χ1v) is 38.3. The van der Waals surface area contributed by atoms with Crippen LogP contribution in [-0.4, -0.2) is 193 Å². The summed E-state index contributed by atoms with van der Waals surface area (Å²) < 4.78 is 34.4. The number of hydrogen-bond donors (Lipinski definition) is 12. The van der Waals surface area contributed by atoms with Crippen molar-refractivity contribution in [1.29, 1.82) is 0 Å². The van der Waals surface area contributed by atoms with Crippen LogP contribution in [0.2, 0.25) is 0 Å². The molecule has 0 bridgehead atoms. The summed E-state index contributed by atoms with van der Waals surface area (Å²) in [6.45, 7) is 1.61. The zero-order valence-corrected chi connectivity index (χ0v) is 60.4. The van der Waals surface area contributed by atoms with Crippen molar-refractivity contribution in [1.82, 2.24) is 5.32 Å². The predicted molar refractivity (Wildman–Crippen MR) is 392 cm³/mol. The van der Waals surface area contributed by atoms with Crippen LogP contribution in [0, 0.1) is 0 Å². The highest BCUT2D eigenvalue weighted by Crippen LogP contribution is 2.33. The first-order chi connectivity index (χ1) is 48.3. The van der Waals surface area contributed by atoms with E-state index in [4.69, 9.17) is 28.4 Å². The second kappa shape index (κ2) is 59.6. The fourth-order valence-corrected chi connectivity index (χ4v) is 12.1. The van der Waals surface area contributed by atoms with Gasteiger partial charge in [-0.15, -0.1) is 0 Å². The number of ether oxygens (including phenoxy) is 6. The molecule has 3 fully saturated rings. The molecule has 3 rings (SSSR count). The Kier molecular flexibility index (Phi) is 53.8. The third-order valence-corrected chi connectivity index (χ3v) is 18.3. The number of allylic oxidation sites excluding steroid dienone is 19. The van der Waals surface area contributed by atoms with Crippen molar-refractivity contribution in [3.8, 4) is 0 Å². The minimum absolute atomic E-state index is 0.223. The number of hydrogen-bond acceptors (Lipinski definition) is 18. The van der Waals surface area contributed by atoms with Crippen LogP contribution in [0.5, 0.6) is 0 Å². The van der Waals surface area contributed by atoms with Crippen LogP contribution in [0.1, 0.15) is 245 Å². The normalized spacial score (nSPS) is 27.3. The molecule has 3 aliphatic heterocycles. The molecule has 3 aliphatic rings. The Bertz CT molecular complexity index is 2260. The number of nitrogens with one attached hydrogen (secondary N) is 1. The van der Waals surface area contributed by atoms with Gasteiger partial charge in [0.05, 0.1) is 38.6 Å². The Morgan fingerprint density at radius 2 is 0.697 bits per heavy atom. The van der Waals surface area contributed by atoms with Crippen molar-refractivity contribution in [3.63, 3.8) is 0 Å². The number of aliphatic hydroxyl groups excluding tert-OH is 11. The van der Waals surface area contributed by atoms with Gasteiger partial charge in [0.2, 0.25) is 5.91 Å². The average Bonchev–Trinajstić information content (AvgIpc) is 0.784. The molecule has 0 aromatic heterocycles. The number of carbonyl (C=O) groups excluding carboxylic acids is 1. The Labute approximate surface area is 595 Å². The molecule has 17 atom stereocenters. The molecular weight excluding hydrogens is 1260 g/mol. The predicted octanol–water partition coefficient (Wildman–Crippen LogP) is 11.9. The molecule has 19 nitrogen and oxygen atoms in total. The summed E-state index contributed by atoms with van der Waals surface area (Å²) in [5, 5.41) is 121. The van der Waals surface area contributed by atoms with Gasteiger partial charge in [0.1, 0.15) is 73.2 Å². The van der Waals surface area contributed by atoms with Crippen LogP contribution in [0.25, 0.3) is 0 Å². The van der Waals surface area contributed by atoms with Crippen LogP contribution in [0.15, 0.2) is 122 Å². The maximum atomic E-state index is 13.5. The fourth-order valence-electron chi connectivity index (χ4n) is 12.1. The van der Waals surface area contributed by atoms with Gasteiger partial charge in [0, 0.05) is 6.42 Å². The lowest BCUT2D eigenvalue weighted by Gasteiger charge is -2.48. The van der Waals surface area contributed by atoms with Gasteiger partial charge in [-0.05, 0) is 89.9 Å². The van der Waals surface area contributed by atoms with E-state index >= 15 is 0 Å². The summed E-state index contributed by atoms with van der Waals surface area (Å²) in [7, 11) is 0. The van der Waals surface area contributed by atoms with Gasteiger partial charge in [0.15, 0.2) is 18.9 Å². The molecule has 3 saturated heterocycles. The molecule has 0 radical (unpaired) electrons. The minimum atomic E-state index is -1.99. The molecular formula is C80H135NO18. The van der Waals surface area contributed by atoms with E-state index in [2.05, 4.69) is 129 Å². The zero-order valence-electron chi connectivity index (χ0n) is 60.4. The highest BCUT2D eigenvalue weighted by Gasteiger charge is 2.53. The number of rotatable bonds is 58. The first-order valence-electron chi connectivity index (χ1n) is 38.3. The number of unbranched alkanes of at least 4 members (excludes halogenated alkanes) is 24. The largest absolute Gasteiger partial charge is 0.394 e. The molecule has 568 valence electrons. The van der Waals surface area contributed by atoms with Crippen molar-refractivity contribution < 1.29 is 89.4 Å². The highest BCUT2D eigenvalue weighted by molar-refractivity contribution is 5.76. The maximum Gasteiger partial charge on any atom is 0.220 e. The van der Waals surface area contributed by atoms with Crippen LogP contribution < -0.4 is 5.32 Å². The Balaban J connectivity index is 1.39. The van der Waals surface area contributed by atoms with Gasteiger partial charge < -0.3 is 89.9 Å². The Hall–Kier alpha value is -3.81. The molecule has 3 heterocycles. The molecule has 0 spiro atoms. The summed E-state index contributed by atoms with van der Waals surface area (Å²) in [4.78, 5) is 13.5. The quantitative estimate of drug-likeness (QED) is 0.0199. The van der Waals surface area contributed by atoms with E-state index in [0.29, 0.717) is 6.42 Å². The van der Waals surface area contributed by atoms with Crippen LogP contribution >= 0.6 is 0 Å². The van der Waals surface area contributed by atoms with Crippen LogP contribution in [-0.2, 0) is 33.2 Å². The summed E-state index contributed by atoms with van der Waals surface area (Å²) in [6.07, 6.45) is 55.9. The fraction of sp³-hybridized carbons (Fsp3) is 0.738. The first kappa shape index (κ1) is 89.4. The summed E-state index contributed by atoms with van der Waals surface area (Å²) in [5.41, 5.74) is 0. The van der Waals surface area contributed by atoms with E-state index in [9.17, 15) is 61.0 Å².